The van der Waals surface area contributed by atoms with Gasteiger partial charge in [0.1, 0.15) is 18.7 Å². The van der Waals surface area contributed by atoms with Gasteiger partial charge in [-0.2, -0.15) is 0 Å². The minimum Gasteiger partial charge on any atom is -0.480 e. The summed E-state index contributed by atoms with van der Waals surface area (Å²) in [5, 5.41) is 12.1. The third-order valence-electron chi connectivity index (χ3n) is 6.91. The summed E-state index contributed by atoms with van der Waals surface area (Å²) in [6.45, 7) is 2.19. The summed E-state index contributed by atoms with van der Waals surface area (Å²) < 4.78 is 11.1. The van der Waals surface area contributed by atoms with Crippen LogP contribution < -0.4 is 5.32 Å². The molecule has 2 heterocycles. The van der Waals surface area contributed by atoms with Gasteiger partial charge >= 0.3 is 12.1 Å². The van der Waals surface area contributed by atoms with Crippen molar-refractivity contribution < 1.29 is 29.0 Å². The lowest BCUT2D eigenvalue weighted by Crippen LogP contribution is -2.53. The van der Waals surface area contributed by atoms with E-state index in [0.717, 1.165) is 22.3 Å². The van der Waals surface area contributed by atoms with E-state index in [2.05, 4.69) is 17.4 Å². The van der Waals surface area contributed by atoms with Gasteiger partial charge in [-0.3, -0.25) is 4.79 Å². The largest absolute Gasteiger partial charge is 0.480 e. The summed E-state index contributed by atoms with van der Waals surface area (Å²) in [6, 6.07) is 14.0. The van der Waals surface area contributed by atoms with Crippen LogP contribution in [0.5, 0.6) is 0 Å². The highest BCUT2D eigenvalue weighted by molar-refractivity contribution is 5.90. The Hall–Kier alpha value is -3.39. The molecule has 2 amide bonds. The first-order chi connectivity index (χ1) is 16.0. The van der Waals surface area contributed by atoms with E-state index in [1.807, 2.05) is 36.4 Å². The molecule has 0 bridgehead atoms. The van der Waals surface area contributed by atoms with Crippen LogP contribution in [-0.2, 0) is 19.1 Å². The molecule has 8 nitrogen and oxygen atoms in total. The zero-order chi connectivity index (χ0) is 23.1. The van der Waals surface area contributed by atoms with Crippen LogP contribution in [0.25, 0.3) is 11.1 Å². The van der Waals surface area contributed by atoms with Gasteiger partial charge in [-0.25, -0.2) is 9.59 Å². The van der Waals surface area contributed by atoms with Gasteiger partial charge < -0.3 is 24.8 Å². The molecule has 4 atom stereocenters. The first-order valence-corrected chi connectivity index (χ1v) is 11.2. The van der Waals surface area contributed by atoms with Crippen molar-refractivity contribution in [3.63, 3.8) is 0 Å². The molecule has 2 aliphatic heterocycles. The van der Waals surface area contributed by atoms with Crippen LogP contribution >= 0.6 is 0 Å². The number of carbonyl (C=O) groups excluding carboxylic acids is 2. The van der Waals surface area contributed by atoms with Crippen molar-refractivity contribution in [2.24, 2.45) is 0 Å². The van der Waals surface area contributed by atoms with Crippen molar-refractivity contribution in [3.8, 4) is 11.1 Å². The highest BCUT2D eigenvalue weighted by Gasteiger charge is 2.50. The van der Waals surface area contributed by atoms with E-state index < -0.39 is 30.1 Å². The summed E-state index contributed by atoms with van der Waals surface area (Å²) >= 11 is 0. The number of carbonyl (C=O) groups is 3. The molecule has 1 aliphatic carbocycles. The van der Waals surface area contributed by atoms with E-state index >= 15 is 0 Å². The molecule has 0 aromatic heterocycles. The van der Waals surface area contributed by atoms with Crippen LogP contribution in [0.4, 0.5) is 4.79 Å². The molecule has 3 aliphatic rings. The molecular weight excluding hydrogens is 424 g/mol. The molecule has 172 valence electrons. The lowest BCUT2D eigenvalue weighted by atomic mass is 9.98. The fraction of sp³-hybridized carbons (Fsp3) is 0.400. The van der Waals surface area contributed by atoms with Crippen LogP contribution in [0.3, 0.4) is 0 Å². The number of amides is 2. The Morgan fingerprint density at radius 3 is 2.39 bits per heavy atom. The maximum absolute atomic E-state index is 13.1. The molecule has 0 spiro atoms. The number of aliphatic carboxylic acids is 1. The Morgan fingerprint density at radius 2 is 1.76 bits per heavy atom. The number of fused-ring (bicyclic) bond motifs is 4. The average Bonchev–Trinajstić information content (AvgIpc) is 3.49. The second kappa shape index (κ2) is 8.51. The van der Waals surface area contributed by atoms with Gasteiger partial charge in [0, 0.05) is 18.9 Å². The molecule has 0 saturated carbocycles. The van der Waals surface area contributed by atoms with Crippen molar-refractivity contribution in [2.75, 3.05) is 13.2 Å². The van der Waals surface area contributed by atoms with Crippen molar-refractivity contribution in [2.45, 2.75) is 49.9 Å². The van der Waals surface area contributed by atoms with Gasteiger partial charge in [-0.15, -0.1) is 0 Å². The van der Waals surface area contributed by atoms with Crippen molar-refractivity contribution in [1.29, 1.82) is 0 Å². The molecule has 0 radical (unpaired) electrons. The van der Waals surface area contributed by atoms with Gasteiger partial charge in [0.2, 0.25) is 5.91 Å². The first kappa shape index (κ1) is 21.5. The van der Waals surface area contributed by atoms with E-state index in [-0.39, 0.29) is 31.1 Å². The third-order valence-corrected chi connectivity index (χ3v) is 6.91. The maximum Gasteiger partial charge on any atom is 0.407 e. The number of hydrogen-bond donors (Lipinski definition) is 2. The summed E-state index contributed by atoms with van der Waals surface area (Å²) in [6.07, 6.45) is -0.110. The van der Waals surface area contributed by atoms with Crippen molar-refractivity contribution in [3.05, 3.63) is 59.7 Å². The Bertz CT molecular complexity index is 1060. The summed E-state index contributed by atoms with van der Waals surface area (Å²) in [4.78, 5) is 38.7. The smallest absolute Gasteiger partial charge is 0.407 e. The van der Waals surface area contributed by atoms with Crippen LogP contribution in [0, 0.1) is 0 Å². The molecule has 2 aromatic carbocycles. The van der Waals surface area contributed by atoms with Gasteiger partial charge in [0.15, 0.2) is 0 Å². The Balaban J connectivity index is 1.24. The average molecular weight is 450 g/mol. The third kappa shape index (κ3) is 3.74. The molecule has 5 rings (SSSR count). The van der Waals surface area contributed by atoms with Gasteiger partial charge in [-0.05, 0) is 35.6 Å². The molecular formula is C25H26N2O6. The molecule has 33 heavy (non-hydrogen) atoms. The number of carboxylic acid groups (broad SMARTS) is 1. The number of alkyl carbamates (subject to hydrolysis) is 1. The van der Waals surface area contributed by atoms with Gasteiger partial charge in [0.25, 0.3) is 0 Å². The molecule has 2 saturated heterocycles. The normalized spacial score (nSPS) is 24.0. The lowest BCUT2D eigenvalue weighted by molar-refractivity contribution is -0.150. The Labute approximate surface area is 191 Å². The topological polar surface area (TPSA) is 105 Å². The van der Waals surface area contributed by atoms with E-state index in [9.17, 15) is 19.5 Å². The summed E-state index contributed by atoms with van der Waals surface area (Å²) in [7, 11) is 0. The minimum absolute atomic E-state index is 0.0828. The highest BCUT2D eigenvalue weighted by atomic mass is 16.5. The van der Waals surface area contributed by atoms with E-state index in [1.165, 1.54) is 4.90 Å². The van der Waals surface area contributed by atoms with Crippen LogP contribution in [0.15, 0.2) is 48.5 Å². The van der Waals surface area contributed by atoms with Gasteiger partial charge in [-0.1, -0.05) is 48.5 Å². The predicted molar refractivity (Wildman–Crippen MR) is 119 cm³/mol. The van der Waals surface area contributed by atoms with E-state index in [4.69, 9.17) is 9.47 Å². The summed E-state index contributed by atoms with van der Waals surface area (Å²) in [5.74, 6) is -1.58. The number of ether oxygens (including phenoxy) is 2. The fourth-order valence-corrected chi connectivity index (χ4v) is 5.38. The van der Waals surface area contributed by atoms with Crippen LogP contribution in [-0.4, -0.2) is 65.4 Å². The Kier molecular flexibility index (Phi) is 5.54. The van der Waals surface area contributed by atoms with Gasteiger partial charge in [0.05, 0.1) is 12.1 Å². The number of nitrogens with one attached hydrogen (secondary N) is 1. The molecule has 2 fully saturated rings. The number of nitrogens with zero attached hydrogens (tertiary/aromatic N) is 1. The van der Waals surface area contributed by atoms with Crippen molar-refractivity contribution >= 4 is 18.0 Å². The predicted octanol–water partition coefficient (Wildman–Crippen LogP) is 2.76. The molecule has 2 unspecified atom stereocenters. The molecule has 2 aromatic rings. The van der Waals surface area contributed by atoms with Crippen molar-refractivity contribution in [1.82, 2.24) is 10.2 Å². The highest BCUT2D eigenvalue weighted by Crippen LogP contribution is 2.44. The second-order valence-corrected chi connectivity index (χ2v) is 8.79. The quantitative estimate of drug-likeness (QED) is 0.726. The lowest BCUT2D eigenvalue weighted by Gasteiger charge is -2.29. The fourth-order valence-electron chi connectivity index (χ4n) is 5.38. The molecule has 8 heteroatoms. The monoisotopic (exact) mass is 450 g/mol. The molecule has 2 N–H and O–H groups in total. The minimum atomic E-state index is -1.06. The first-order valence-electron chi connectivity index (χ1n) is 11.2. The maximum atomic E-state index is 13.1. The standard InChI is InChI=1S/C25H26N2O6/c1-14(23(28)27-20-10-11-32-22(20)12-21(27)24(29)30)26-25(31)33-13-19-17-8-4-2-6-15(17)16-7-3-5-9-18(16)19/h2-9,14,19-22H,10-13H2,1H3,(H,26,31)(H,29,30)/t14?,20-,21?,22-/m0/s1. The zero-order valence-corrected chi connectivity index (χ0v) is 18.3. The number of carboxylic acids is 1. The van der Waals surface area contributed by atoms with Crippen LogP contribution in [0.2, 0.25) is 0 Å². The zero-order valence-electron chi connectivity index (χ0n) is 18.3. The van der Waals surface area contributed by atoms with Crippen LogP contribution in [0.1, 0.15) is 36.8 Å². The Morgan fingerprint density at radius 1 is 1.12 bits per heavy atom. The SMILES string of the molecule is CC(NC(=O)OCC1c2ccccc2-c2ccccc21)C(=O)N1C(C(=O)O)C[C@@H]2OCC[C@@H]21. The number of likely N-dealkylation sites (tertiary alicyclic amines) is 1. The van der Waals surface area contributed by atoms with E-state index in [0.29, 0.717) is 13.0 Å². The number of benzene rings is 2. The number of hydrogen-bond acceptors (Lipinski definition) is 5. The van der Waals surface area contributed by atoms with E-state index in [1.54, 1.807) is 6.92 Å². The second-order valence-electron chi connectivity index (χ2n) is 8.79. The number of rotatable bonds is 5. The summed E-state index contributed by atoms with van der Waals surface area (Å²) in [5.41, 5.74) is 4.47.